The van der Waals surface area contributed by atoms with Gasteiger partial charge in [-0.2, -0.15) is 0 Å². The molecule has 2 N–H and O–H groups in total. The number of ether oxygens (including phenoxy) is 6. The largest absolute Gasteiger partial charge is 0.493 e. The molecule has 41 heavy (non-hydrogen) atoms. The van der Waals surface area contributed by atoms with E-state index >= 15 is 0 Å². The van der Waals surface area contributed by atoms with Crippen molar-refractivity contribution in [2.24, 2.45) is 0 Å². The van der Waals surface area contributed by atoms with Gasteiger partial charge in [-0.3, -0.25) is 14.8 Å². The maximum atomic E-state index is 14.0. The molecule has 10 heteroatoms. The van der Waals surface area contributed by atoms with E-state index in [1.54, 1.807) is 41.9 Å². The zero-order valence-electron chi connectivity index (χ0n) is 23.6. The highest BCUT2D eigenvalue weighted by molar-refractivity contribution is 6.18. The maximum absolute atomic E-state index is 14.0. The first-order valence-electron chi connectivity index (χ1n) is 12.5. The molecule has 0 aromatic heterocycles. The molecule has 0 heterocycles. The van der Waals surface area contributed by atoms with Crippen molar-refractivity contribution >= 4 is 23.8 Å². The Hall–Kier alpha value is -4.96. The van der Waals surface area contributed by atoms with Gasteiger partial charge in [0, 0.05) is 28.7 Å². The van der Waals surface area contributed by atoms with Crippen LogP contribution in [0.1, 0.15) is 38.5 Å². The predicted octanol–water partition coefficient (Wildman–Crippen LogP) is 4.67. The first kappa shape index (κ1) is 29.0. The third-order valence-electron chi connectivity index (χ3n) is 6.79. The van der Waals surface area contributed by atoms with Gasteiger partial charge in [-0.25, -0.2) is 5.48 Å². The number of allylic oxidation sites excluding steroid dienone is 1. The van der Waals surface area contributed by atoms with E-state index in [-0.39, 0.29) is 5.78 Å². The van der Waals surface area contributed by atoms with Gasteiger partial charge >= 0.3 is 0 Å². The molecule has 0 fully saturated rings. The molecule has 1 aliphatic rings. The fourth-order valence-corrected chi connectivity index (χ4v) is 4.95. The van der Waals surface area contributed by atoms with E-state index in [0.29, 0.717) is 56.8 Å². The number of hydroxylamine groups is 1. The molecule has 0 spiro atoms. The van der Waals surface area contributed by atoms with E-state index in [9.17, 15) is 9.59 Å². The fraction of sp³-hybridized carbons (Fsp3) is 0.226. The number of hydrogen-bond donors (Lipinski definition) is 2. The summed E-state index contributed by atoms with van der Waals surface area (Å²) in [6.07, 6.45) is 4.57. The van der Waals surface area contributed by atoms with Gasteiger partial charge in [-0.05, 0) is 47.0 Å². The summed E-state index contributed by atoms with van der Waals surface area (Å²) in [6.45, 7) is 0. The van der Waals surface area contributed by atoms with Crippen LogP contribution in [-0.4, -0.2) is 59.6 Å². The molecule has 0 radical (unpaired) electrons. The molecule has 214 valence electrons. The number of fused-ring (bicyclic) bond motifs is 1. The van der Waals surface area contributed by atoms with Crippen molar-refractivity contribution in [2.75, 3.05) is 42.7 Å². The summed E-state index contributed by atoms with van der Waals surface area (Å²) in [6, 6.07) is 12.5. The summed E-state index contributed by atoms with van der Waals surface area (Å²) in [5, 5.41) is 8.69. The highest BCUT2D eigenvalue weighted by Crippen LogP contribution is 2.55. The Morgan fingerprint density at radius 2 is 1.29 bits per heavy atom. The van der Waals surface area contributed by atoms with E-state index in [4.69, 9.17) is 33.6 Å². The number of Topliss-reactive ketones (excluding diaryl/α,β-unsaturated/α-hetero) is 1. The first-order valence-corrected chi connectivity index (χ1v) is 12.5. The molecule has 1 aliphatic carbocycles. The summed E-state index contributed by atoms with van der Waals surface area (Å²) >= 11 is 0. The molecular weight excluding hydrogens is 530 g/mol. The Bertz CT molecular complexity index is 1500. The number of carbonyl (C=O) groups excluding carboxylic acids is 2. The lowest BCUT2D eigenvalue weighted by atomic mass is 9.87. The number of benzene rings is 3. The van der Waals surface area contributed by atoms with Crippen LogP contribution >= 0.6 is 0 Å². The van der Waals surface area contributed by atoms with Crippen LogP contribution in [0.25, 0.3) is 12.2 Å². The molecule has 1 atom stereocenters. The quantitative estimate of drug-likeness (QED) is 0.207. The molecule has 4 rings (SSSR count). The third kappa shape index (κ3) is 5.42. The van der Waals surface area contributed by atoms with Crippen LogP contribution < -0.4 is 33.9 Å². The minimum absolute atomic E-state index is 0.207. The maximum Gasteiger partial charge on any atom is 0.267 e. The van der Waals surface area contributed by atoms with Gasteiger partial charge in [0.05, 0.1) is 42.7 Å². The topological polar surface area (TPSA) is 122 Å². The van der Waals surface area contributed by atoms with Crippen molar-refractivity contribution in [3.05, 3.63) is 81.9 Å². The lowest BCUT2D eigenvalue weighted by Gasteiger charge is -2.21. The van der Waals surface area contributed by atoms with Crippen LogP contribution in [0.3, 0.4) is 0 Å². The Balaban J connectivity index is 1.96. The number of hydrogen-bond acceptors (Lipinski definition) is 9. The molecular formula is C31H31NO9. The second-order valence-electron chi connectivity index (χ2n) is 8.90. The average Bonchev–Trinajstić information content (AvgIpc) is 3.28. The Kier molecular flexibility index (Phi) is 8.84. The second kappa shape index (κ2) is 12.5. The summed E-state index contributed by atoms with van der Waals surface area (Å²) in [7, 11) is 9.10. The zero-order valence-corrected chi connectivity index (χ0v) is 23.6. The minimum Gasteiger partial charge on any atom is -0.493 e. The minimum atomic E-state index is -0.640. The van der Waals surface area contributed by atoms with Crippen LogP contribution in [0.5, 0.6) is 34.5 Å². The van der Waals surface area contributed by atoms with Gasteiger partial charge in [-0.1, -0.05) is 24.3 Å². The second-order valence-corrected chi connectivity index (χ2v) is 8.90. The van der Waals surface area contributed by atoms with Crippen LogP contribution in [0.2, 0.25) is 0 Å². The van der Waals surface area contributed by atoms with Gasteiger partial charge in [0.2, 0.25) is 11.5 Å². The predicted molar refractivity (Wildman–Crippen MR) is 152 cm³/mol. The van der Waals surface area contributed by atoms with Crippen molar-refractivity contribution in [1.82, 2.24) is 5.48 Å². The third-order valence-corrected chi connectivity index (χ3v) is 6.79. The van der Waals surface area contributed by atoms with Crippen LogP contribution in [0, 0.1) is 0 Å². The SMILES string of the molecule is COc1cc(C2/C(=C/c3ccc(/C=C/C(=O)NO)cc3)C(=O)c3cc(OC)c(OC)c(OC)c32)cc(OC)c1OC. The molecule has 0 saturated carbocycles. The fourth-order valence-electron chi connectivity index (χ4n) is 4.95. The van der Waals surface area contributed by atoms with Crippen LogP contribution in [0.4, 0.5) is 0 Å². The van der Waals surface area contributed by atoms with Crippen LogP contribution in [0.15, 0.2) is 54.1 Å². The highest BCUT2D eigenvalue weighted by atomic mass is 16.5. The first-order chi connectivity index (χ1) is 19.8. The number of ketones is 1. The number of nitrogens with one attached hydrogen (secondary N) is 1. The highest BCUT2D eigenvalue weighted by Gasteiger charge is 2.41. The number of amides is 1. The molecule has 0 bridgehead atoms. The van der Waals surface area contributed by atoms with Crippen molar-refractivity contribution in [2.45, 2.75) is 5.92 Å². The number of carbonyl (C=O) groups is 2. The Morgan fingerprint density at radius 3 is 1.80 bits per heavy atom. The van der Waals surface area contributed by atoms with E-state index in [0.717, 1.165) is 11.1 Å². The van der Waals surface area contributed by atoms with Gasteiger partial charge in [0.25, 0.3) is 5.91 Å². The molecule has 0 aliphatic heterocycles. The van der Waals surface area contributed by atoms with Gasteiger partial charge in [0.1, 0.15) is 0 Å². The lowest BCUT2D eigenvalue weighted by molar-refractivity contribution is -0.124. The molecule has 3 aromatic carbocycles. The van der Waals surface area contributed by atoms with Gasteiger partial charge in [-0.15, -0.1) is 0 Å². The van der Waals surface area contributed by atoms with Crippen LogP contribution in [-0.2, 0) is 4.79 Å². The number of rotatable bonds is 10. The van der Waals surface area contributed by atoms with E-state index in [1.165, 1.54) is 48.7 Å². The normalized spacial score (nSPS) is 15.0. The average molecular weight is 562 g/mol. The monoisotopic (exact) mass is 561 g/mol. The summed E-state index contributed by atoms with van der Waals surface area (Å²) in [5.74, 6) is 0.961. The Labute approximate surface area is 237 Å². The molecule has 10 nitrogen and oxygen atoms in total. The van der Waals surface area contributed by atoms with Gasteiger partial charge < -0.3 is 28.4 Å². The van der Waals surface area contributed by atoms with Crippen molar-refractivity contribution < 1.29 is 43.2 Å². The zero-order chi connectivity index (χ0) is 29.7. The summed E-state index contributed by atoms with van der Waals surface area (Å²) in [5.41, 5.74) is 5.25. The molecule has 1 amide bonds. The lowest BCUT2D eigenvalue weighted by Crippen LogP contribution is -2.14. The van der Waals surface area contributed by atoms with Crippen molar-refractivity contribution in [1.29, 1.82) is 0 Å². The van der Waals surface area contributed by atoms with Crippen molar-refractivity contribution in [3.63, 3.8) is 0 Å². The molecule has 0 saturated heterocycles. The van der Waals surface area contributed by atoms with E-state index in [1.807, 2.05) is 18.2 Å². The van der Waals surface area contributed by atoms with E-state index in [2.05, 4.69) is 0 Å². The summed E-state index contributed by atoms with van der Waals surface area (Å²) < 4.78 is 33.7. The van der Waals surface area contributed by atoms with Gasteiger partial charge in [0.15, 0.2) is 28.8 Å². The summed E-state index contributed by atoms with van der Waals surface area (Å²) in [4.78, 5) is 25.4. The standard InChI is InChI=1S/C31H31NO9/c1-36-22-14-19(15-23(37-2)29(22)39-4)26-20(13-18-9-7-17(8-10-18)11-12-25(33)32-35)28(34)21-16-24(38-3)30(40-5)31(41-6)27(21)26/h7-16,26,35H,1-6H3,(H,32,33)/b12-11+,20-13-. The molecule has 1 unspecified atom stereocenters. The van der Waals surface area contributed by atoms with Crippen molar-refractivity contribution in [3.8, 4) is 34.5 Å². The molecule has 3 aromatic rings. The number of methoxy groups -OCH3 is 6. The Morgan fingerprint density at radius 1 is 0.756 bits per heavy atom. The smallest absolute Gasteiger partial charge is 0.267 e. The van der Waals surface area contributed by atoms with E-state index < -0.39 is 11.8 Å².